The number of nitrogens with one attached hydrogen (secondary N) is 1. The van der Waals surface area contributed by atoms with E-state index in [1.807, 2.05) is 12.1 Å². The summed E-state index contributed by atoms with van der Waals surface area (Å²) < 4.78 is 15.9. The minimum absolute atomic E-state index is 0.544. The molecule has 0 aliphatic heterocycles. The number of benzene rings is 1. The van der Waals surface area contributed by atoms with E-state index < -0.39 is 0 Å². The van der Waals surface area contributed by atoms with Gasteiger partial charge in [0, 0.05) is 12.0 Å². The first kappa shape index (κ1) is 15.1. The quantitative estimate of drug-likeness (QED) is 0.800. The highest BCUT2D eigenvalue weighted by molar-refractivity contribution is 5.66. The third-order valence-electron chi connectivity index (χ3n) is 3.07. The van der Waals surface area contributed by atoms with Crippen LogP contribution in [0.3, 0.4) is 0 Å². The molecule has 7 heteroatoms. The van der Waals surface area contributed by atoms with Gasteiger partial charge in [-0.15, -0.1) is 0 Å². The van der Waals surface area contributed by atoms with Crippen molar-refractivity contribution in [2.75, 3.05) is 27.9 Å². The van der Waals surface area contributed by atoms with Crippen molar-refractivity contribution in [3.05, 3.63) is 18.0 Å². The monoisotopic (exact) mass is 292 g/mol. The van der Waals surface area contributed by atoms with Crippen LogP contribution < -0.4 is 19.9 Å². The Morgan fingerprint density at radius 3 is 2.29 bits per heavy atom. The van der Waals surface area contributed by atoms with E-state index in [4.69, 9.17) is 19.9 Å². The molecule has 0 fully saturated rings. The molecule has 0 radical (unpaired) electrons. The molecule has 0 aliphatic carbocycles. The van der Waals surface area contributed by atoms with E-state index in [9.17, 15) is 0 Å². The Balaban J connectivity index is 2.37. The number of aromatic amines is 1. The summed E-state index contributed by atoms with van der Waals surface area (Å²) in [5.74, 6) is 3.08. The molecule has 0 unspecified atom stereocenters. The van der Waals surface area contributed by atoms with Crippen molar-refractivity contribution in [2.24, 2.45) is 5.73 Å². The summed E-state index contributed by atoms with van der Waals surface area (Å²) in [6.45, 7) is 0.625. The van der Waals surface area contributed by atoms with Crippen molar-refractivity contribution in [3.63, 3.8) is 0 Å². The zero-order chi connectivity index (χ0) is 15.2. The molecule has 0 bridgehead atoms. The second kappa shape index (κ2) is 6.94. The molecule has 0 spiro atoms. The average Bonchev–Trinajstić information content (AvgIpc) is 3.00. The summed E-state index contributed by atoms with van der Waals surface area (Å²) in [7, 11) is 4.72. The van der Waals surface area contributed by atoms with Crippen LogP contribution in [0.1, 0.15) is 12.2 Å². The molecule has 2 rings (SSSR count). The van der Waals surface area contributed by atoms with Crippen LogP contribution in [0.25, 0.3) is 11.4 Å². The van der Waals surface area contributed by atoms with Crippen molar-refractivity contribution < 1.29 is 14.2 Å². The van der Waals surface area contributed by atoms with Crippen LogP contribution in [0, 0.1) is 0 Å². The Bertz CT molecular complexity index is 573. The standard InChI is InChI=1S/C14H20N4O3/c1-19-10-7-9(8-11(20-2)13(10)21-3)14-16-12(17-18-14)5-4-6-15/h7-8H,4-6,15H2,1-3H3,(H,16,17,18). The largest absolute Gasteiger partial charge is 0.493 e. The van der Waals surface area contributed by atoms with Crippen LogP contribution in [0.15, 0.2) is 12.1 Å². The first-order chi connectivity index (χ1) is 10.2. The Kier molecular flexibility index (Phi) is 4.99. The predicted molar refractivity (Wildman–Crippen MR) is 78.9 cm³/mol. The fourth-order valence-electron chi connectivity index (χ4n) is 2.02. The average molecular weight is 292 g/mol. The summed E-state index contributed by atoms with van der Waals surface area (Å²) in [6, 6.07) is 3.63. The molecule has 21 heavy (non-hydrogen) atoms. The number of hydrogen-bond acceptors (Lipinski definition) is 6. The molecule has 0 saturated carbocycles. The number of nitrogens with zero attached hydrogens (tertiary/aromatic N) is 2. The van der Waals surface area contributed by atoms with Gasteiger partial charge in [0.05, 0.1) is 21.3 Å². The van der Waals surface area contributed by atoms with E-state index in [1.165, 1.54) is 0 Å². The van der Waals surface area contributed by atoms with Gasteiger partial charge in [-0.05, 0) is 25.1 Å². The Labute approximate surface area is 123 Å². The molecule has 1 heterocycles. The molecule has 3 N–H and O–H groups in total. The van der Waals surface area contributed by atoms with Gasteiger partial charge in [-0.1, -0.05) is 0 Å². The minimum Gasteiger partial charge on any atom is -0.493 e. The van der Waals surface area contributed by atoms with Crippen molar-refractivity contribution in [3.8, 4) is 28.6 Å². The molecule has 0 atom stereocenters. The van der Waals surface area contributed by atoms with E-state index in [-0.39, 0.29) is 0 Å². The summed E-state index contributed by atoms with van der Waals surface area (Å²) >= 11 is 0. The van der Waals surface area contributed by atoms with Crippen molar-refractivity contribution in [2.45, 2.75) is 12.8 Å². The molecule has 2 aromatic rings. The van der Waals surface area contributed by atoms with Crippen LogP contribution in [-0.4, -0.2) is 43.1 Å². The minimum atomic E-state index is 0.544. The normalized spacial score (nSPS) is 10.5. The lowest BCUT2D eigenvalue weighted by Gasteiger charge is -2.12. The topological polar surface area (TPSA) is 95.3 Å². The van der Waals surface area contributed by atoms with Crippen LogP contribution in [0.4, 0.5) is 0 Å². The zero-order valence-electron chi connectivity index (χ0n) is 12.5. The number of nitrogens with two attached hydrogens (primary N) is 1. The molecule has 0 saturated heterocycles. The molecule has 1 aromatic heterocycles. The first-order valence-electron chi connectivity index (χ1n) is 6.65. The second-order valence-electron chi connectivity index (χ2n) is 4.41. The Morgan fingerprint density at radius 2 is 1.76 bits per heavy atom. The molecular weight excluding hydrogens is 272 g/mol. The number of H-pyrrole nitrogens is 1. The van der Waals surface area contributed by atoms with Gasteiger partial charge in [-0.3, -0.25) is 5.10 Å². The molecule has 7 nitrogen and oxygen atoms in total. The summed E-state index contributed by atoms with van der Waals surface area (Å²) in [5, 5.41) is 7.13. The van der Waals surface area contributed by atoms with Crippen LogP contribution in [0.5, 0.6) is 17.2 Å². The number of aryl methyl sites for hydroxylation is 1. The lowest BCUT2D eigenvalue weighted by Crippen LogP contribution is -2.01. The van der Waals surface area contributed by atoms with Gasteiger partial charge >= 0.3 is 0 Å². The lowest BCUT2D eigenvalue weighted by molar-refractivity contribution is 0.324. The Hall–Kier alpha value is -2.28. The zero-order valence-corrected chi connectivity index (χ0v) is 12.5. The van der Waals surface area contributed by atoms with Gasteiger partial charge in [0.15, 0.2) is 17.3 Å². The van der Waals surface area contributed by atoms with Crippen molar-refractivity contribution >= 4 is 0 Å². The van der Waals surface area contributed by atoms with Gasteiger partial charge in [0.25, 0.3) is 0 Å². The second-order valence-corrected chi connectivity index (χ2v) is 4.41. The Morgan fingerprint density at radius 1 is 1.10 bits per heavy atom. The molecule has 114 valence electrons. The van der Waals surface area contributed by atoms with Gasteiger partial charge < -0.3 is 19.9 Å². The highest BCUT2D eigenvalue weighted by atomic mass is 16.5. The smallest absolute Gasteiger partial charge is 0.203 e. The van der Waals surface area contributed by atoms with E-state index in [1.54, 1.807) is 21.3 Å². The molecular formula is C14H20N4O3. The molecule has 0 amide bonds. The lowest BCUT2D eigenvalue weighted by atomic mass is 10.1. The van der Waals surface area contributed by atoms with Gasteiger partial charge in [0.2, 0.25) is 5.75 Å². The molecule has 1 aromatic carbocycles. The van der Waals surface area contributed by atoms with Gasteiger partial charge in [0.1, 0.15) is 5.82 Å². The third-order valence-corrected chi connectivity index (χ3v) is 3.07. The summed E-state index contributed by atoms with van der Waals surface area (Å²) in [6.07, 6.45) is 1.64. The van der Waals surface area contributed by atoms with E-state index in [0.29, 0.717) is 29.6 Å². The maximum absolute atomic E-state index is 5.49. The fraction of sp³-hybridized carbons (Fsp3) is 0.429. The third kappa shape index (κ3) is 3.25. The van der Waals surface area contributed by atoms with Crippen LogP contribution in [0.2, 0.25) is 0 Å². The fourth-order valence-corrected chi connectivity index (χ4v) is 2.02. The van der Waals surface area contributed by atoms with Crippen LogP contribution >= 0.6 is 0 Å². The van der Waals surface area contributed by atoms with Gasteiger partial charge in [-0.25, -0.2) is 4.98 Å². The number of rotatable bonds is 7. The van der Waals surface area contributed by atoms with Gasteiger partial charge in [-0.2, -0.15) is 5.10 Å². The van der Waals surface area contributed by atoms with Crippen LogP contribution in [-0.2, 0) is 6.42 Å². The SMILES string of the molecule is COc1cc(-c2n[nH]c(CCCN)n2)cc(OC)c1OC. The number of ether oxygens (including phenoxy) is 3. The van der Waals surface area contributed by atoms with E-state index in [0.717, 1.165) is 24.2 Å². The number of hydrogen-bond donors (Lipinski definition) is 2. The van der Waals surface area contributed by atoms with E-state index in [2.05, 4.69) is 15.2 Å². The maximum Gasteiger partial charge on any atom is 0.203 e. The molecule has 0 aliphatic rings. The van der Waals surface area contributed by atoms with Crippen molar-refractivity contribution in [1.82, 2.24) is 15.2 Å². The van der Waals surface area contributed by atoms with E-state index >= 15 is 0 Å². The number of methoxy groups -OCH3 is 3. The predicted octanol–water partition coefficient (Wildman–Crippen LogP) is 1.39. The number of aromatic nitrogens is 3. The first-order valence-corrected chi connectivity index (χ1v) is 6.65. The van der Waals surface area contributed by atoms with Crippen molar-refractivity contribution in [1.29, 1.82) is 0 Å². The maximum atomic E-state index is 5.49. The highest BCUT2D eigenvalue weighted by Crippen LogP contribution is 2.40. The highest BCUT2D eigenvalue weighted by Gasteiger charge is 2.16. The summed E-state index contributed by atoms with van der Waals surface area (Å²) in [5.41, 5.74) is 6.28. The summed E-state index contributed by atoms with van der Waals surface area (Å²) in [4.78, 5) is 4.45.